The summed E-state index contributed by atoms with van der Waals surface area (Å²) in [5, 5.41) is 0.879. The van der Waals surface area contributed by atoms with Crippen molar-refractivity contribution in [1.29, 1.82) is 0 Å². The van der Waals surface area contributed by atoms with E-state index >= 15 is 0 Å². The van der Waals surface area contributed by atoms with Crippen LogP contribution in [0.1, 0.15) is 6.42 Å². The van der Waals surface area contributed by atoms with Crippen LogP contribution in [0, 0.1) is 0 Å². The third kappa shape index (κ3) is 3.53. The van der Waals surface area contributed by atoms with Gasteiger partial charge in [0.25, 0.3) is 0 Å². The standard InChI is InChI=1S/C9H11ClN2O3S/c1-14-6(13)3-4-16-9-7(15-2)8(10)11-5-12-9/h5H,3-4H2,1-2H3. The molecule has 1 aromatic rings. The summed E-state index contributed by atoms with van der Waals surface area (Å²) in [7, 11) is 2.85. The molecule has 0 fully saturated rings. The van der Waals surface area contributed by atoms with Gasteiger partial charge in [0.2, 0.25) is 0 Å². The smallest absolute Gasteiger partial charge is 0.306 e. The number of aromatic nitrogens is 2. The Balaban J connectivity index is 2.60. The zero-order valence-electron chi connectivity index (χ0n) is 8.90. The van der Waals surface area contributed by atoms with Crippen LogP contribution in [0.3, 0.4) is 0 Å². The maximum Gasteiger partial charge on any atom is 0.306 e. The molecule has 0 aliphatic heterocycles. The van der Waals surface area contributed by atoms with E-state index in [9.17, 15) is 4.79 Å². The molecule has 88 valence electrons. The summed E-state index contributed by atoms with van der Waals surface area (Å²) in [5.74, 6) is 0.724. The molecule has 0 aliphatic carbocycles. The highest BCUT2D eigenvalue weighted by molar-refractivity contribution is 7.99. The van der Waals surface area contributed by atoms with Gasteiger partial charge in [0.05, 0.1) is 20.6 Å². The zero-order valence-corrected chi connectivity index (χ0v) is 10.5. The molecule has 0 N–H and O–H groups in total. The molecule has 1 aromatic heterocycles. The van der Waals surface area contributed by atoms with Gasteiger partial charge in [-0.25, -0.2) is 9.97 Å². The van der Waals surface area contributed by atoms with E-state index in [1.165, 1.54) is 32.3 Å². The first-order valence-corrected chi connectivity index (χ1v) is 5.79. The van der Waals surface area contributed by atoms with E-state index < -0.39 is 0 Å². The second kappa shape index (κ2) is 6.55. The Hall–Kier alpha value is -1.01. The molecule has 0 bridgehead atoms. The van der Waals surface area contributed by atoms with Crippen molar-refractivity contribution in [2.75, 3.05) is 20.0 Å². The fourth-order valence-electron chi connectivity index (χ4n) is 0.945. The number of halogens is 1. The molecule has 0 saturated heterocycles. The SMILES string of the molecule is COC(=O)CCSc1ncnc(Cl)c1OC. The zero-order chi connectivity index (χ0) is 12.0. The highest BCUT2D eigenvalue weighted by Gasteiger charge is 2.11. The van der Waals surface area contributed by atoms with Gasteiger partial charge in [-0.15, -0.1) is 11.8 Å². The molecular formula is C9H11ClN2O3S. The van der Waals surface area contributed by atoms with Crippen molar-refractivity contribution in [2.45, 2.75) is 11.4 Å². The second-order valence-electron chi connectivity index (χ2n) is 2.68. The summed E-state index contributed by atoms with van der Waals surface area (Å²) in [6.07, 6.45) is 1.66. The van der Waals surface area contributed by atoms with Crippen LogP contribution in [-0.2, 0) is 9.53 Å². The minimum atomic E-state index is -0.258. The number of hydrogen-bond donors (Lipinski definition) is 0. The Morgan fingerprint density at radius 1 is 1.50 bits per heavy atom. The quantitative estimate of drug-likeness (QED) is 0.458. The highest BCUT2D eigenvalue weighted by atomic mass is 35.5. The van der Waals surface area contributed by atoms with Crippen molar-refractivity contribution in [3.05, 3.63) is 11.5 Å². The van der Waals surface area contributed by atoms with Crippen molar-refractivity contribution < 1.29 is 14.3 Å². The van der Waals surface area contributed by atoms with Crippen molar-refractivity contribution in [2.24, 2.45) is 0 Å². The topological polar surface area (TPSA) is 61.3 Å². The van der Waals surface area contributed by atoms with Crippen molar-refractivity contribution in [3.8, 4) is 5.75 Å². The van der Waals surface area contributed by atoms with Crippen LogP contribution in [0.2, 0.25) is 5.15 Å². The summed E-state index contributed by atoms with van der Waals surface area (Å²) in [6, 6.07) is 0. The normalized spacial score (nSPS) is 9.94. The number of hydrogen-bond acceptors (Lipinski definition) is 6. The predicted octanol–water partition coefficient (Wildman–Crippen LogP) is 1.79. The van der Waals surface area contributed by atoms with Crippen LogP contribution in [-0.4, -0.2) is 35.9 Å². The van der Waals surface area contributed by atoms with E-state index in [0.29, 0.717) is 22.9 Å². The lowest BCUT2D eigenvalue weighted by molar-refractivity contribution is -0.140. The maximum atomic E-state index is 10.9. The van der Waals surface area contributed by atoms with Gasteiger partial charge >= 0.3 is 5.97 Å². The predicted molar refractivity (Wildman–Crippen MR) is 61.0 cm³/mol. The summed E-state index contributed by atoms with van der Waals surface area (Å²) in [4.78, 5) is 18.7. The van der Waals surface area contributed by atoms with Gasteiger partial charge in [0, 0.05) is 5.75 Å². The molecule has 7 heteroatoms. The molecule has 0 aromatic carbocycles. The van der Waals surface area contributed by atoms with Gasteiger partial charge in [-0.2, -0.15) is 0 Å². The molecule has 5 nitrogen and oxygen atoms in total. The minimum absolute atomic E-state index is 0.258. The Kier molecular flexibility index (Phi) is 5.34. The van der Waals surface area contributed by atoms with Gasteiger partial charge in [0.15, 0.2) is 10.9 Å². The number of esters is 1. The lowest BCUT2D eigenvalue weighted by Crippen LogP contribution is -2.01. The van der Waals surface area contributed by atoms with Gasteiger partial charge in [0.1, 0.15) is 11.4 Å². The number of rotatable bonds is 5. The summed E-state index contributed by atoms with van der Waals surface area (Å²) < 4.78 is 9.59. The largest absolute Gasteiger partial charge is 0.491 e. The summed E-state index contributed by atoms with van der Waals surface area (Å²) >= 11 is 7.19. The summed E-state index contributed by atoms with van der Waals surface area (Å²) in [6.45, 7) is 0. The molecule has 0 amide bonds. The van der Waals surface area contributed by atoms with Crippen molar-refractivity contribution >= 4 is 29.3 Å². The van der Waals surface area contributed by atoms with Gasteiger partial charge < -0.3 is 9.47 Å². The monoisotopic (exact) mass is 262 g/mol. The van der Waals surface area contributed by atoms with Gasteiger partial charge in [-0.3, -0.25) is 4.79 Å². The number of thioether (sulfide) groups is 1. The first kappa shape index (κ1) is 13.1. The molecule has 0 spiro atoms. The van der Waals surface area contributed by atoms with Crippen LogP contribution < -0.4 is 4.74 Å². The number of nitrogens with zero attached hydrogens (tertiary/aromatic N) is 2. The first-order chi connectivity index (χ1) is 7.69. The van der Waals surface area contributed by atoms with Crippen LogP contribution in [0.4, 0.5) is 0 Å². The van der Waals surface area contributed by atoms with Gasteiger partial charge in [-0.05, 0) is 0 Å². The van der Waals surface area contributed by atoms with E-state index in [1.54, 1.807) is 0 Å². The Labute approximate surface area is 103 Å². The fraction of sp³-hybridized carbons (Fsp3) is 0.444. The van der Waals surface area contributed by atoms with Crippen LogP contribution >= 0.6 is 23.4 Å². The van der Waals surface area contributed by atoms with E-state index in [2.05, 4.69) is 14.7 Å². The number of carbonyl (C=O) groups is 1. The third-order valence-corrected chi connectivity index (χ3v) is 2.95. The molecule has 0 atom stereocenters. The van der Waals surface area contributed by atoms with E-state index in [1.807, 2.05) is 0 Å². The van der Waals surface area contributed by atoms with Crippen LogP contribution in [0.25, 0.3) is 0 Å². The molecular weight excluding hydrogens is 252 g/mol. The molecule has 0 unspecified atom stereocenters. The Bertz CT molecular complexity index is 376. The summed E-state index contributed by atoms with van der Waals surface area (Å²) in [5.41, 5.74) is 0. The first-order valence-electron chi connectivity index (χ1n) is 4.43. The second-order valence-corrected chi connectivity index (χ2v) is 4.12. The molecule has 0 radical (unpaired) electrons. The lowest BCUT2D eigenvalue weighted by Gasteiger charge is -2.06. The molecule has 0 aliphatic rings. The van der Waals surface area contributed by atoms with E-state index in [-0.39, 0.29) is 11.1 Å². The van der Waals surface area contributed by atoms with E-state index in [0.717, 1.165) is 0 Å². The Morgan fingerprint density at radius 2 is 2.25 bits per heavy atom. The highest BCUT2D eigenvalue weighted by Crippen LogP contribution is 2.31. The van der Waals surface area contributed by atoms with E-state index in [4.69, 9.17) is 16.3 Å². The maximum absolute atomic E-state index is 10.9. The molecule has 1 heterocycles. The fourth-order valence-corrected chi connectivity index (χ4v) is 2.11. The molecule has 16 heavy (non-hydrogen) atoms. The lowest BCUT2D eigenvalue weighted by atomic mass is 10.5. The number of ether oxygens (including phenoxy) is 2. The van der Waals surface area contributed by atoms with Crippen LogP contribution in [0.15, 0.2) is 11.4 Å². The average Bonchev–Trinajstić information content (AvgIpc) is 2.29. The van der Waals surface area contributed by atoms with Crippen LogP contribution in [0.5, 0.6) is 5.75 Å². The minimum Gasteiger partial charge on any atom is -0.491 e. The number of carbonyl (C=O) groups excluding carboxylic acids is 1. The van der Waals surface area contributed by atoms with Gasteiger partial charge in [-0.1, -0.05) is 11.6 Å². The molecule has 0 saturated carbocycles. The van der Waals surface area contributed by atoms with Crippen molar-refractivity contribution in [3.63, 3.8) is 0 Å². The molecule has 1 rings (SSSR count). The average molecular weight is 263 g/mol. The number of methoxy groups -OCH3 is 2. The third-order valence-electron chi connectivity index (χ3n) is 1.70. The Morgan fingerprint density at radius 3 is 2.88 bits per heavy atom. The van der Waals surface area contributed by atoms with Crippen molar-refractivity contribution in [1.82, 2.24) is 9.97 Å².